The van der Waals surface area contributed by atoms with Crippen LogP contribution in [0, 0.1) is 0 Å². The minimum absolute atomic E-state index is 0.00905. The number of nitrogens with zero attached hydrogens (tertiary/aromatic N) is 4. The molecule has 0 aliphatic carbocycles. The van der Waals surface area contributed by atoms with E-state index in [2.05, 4.69) is 15.2 Å². The molecule has 2 aromatic carbocycles. The van der Waals surface area contributed by atoms with Gasteiger partial charge in [-0.25, -0.2) is 4.98 Å². The van der Waals surface area contributed by atoms with Gasteiger partial charge in [-0.2, -0.15) is 0 Å². The number of methoxy groups -OCH3 is 1. The maximum absolute atomic E-state index is 13.0. The van der Waals surface area contributed by atoms with Crippen molar-refractivity contribution in [2.75, 3.05) is 69.8 Å². The highest BCUT2D eigenvalue weighted by Crippen LogP contribution is 2.29. The molecule has 1 N–H and O–H groups in total. The highest BCUT2D eigenvalue weighted by molar-refractivity contribution is 7.13. The number of piperazine rings is 1. The van der Waals surface area contributed by atoms with E-state index in [1.165, 1.54) is 23.3 Å². The van der Waals surface area contributed by atoms with Crippen LogP contribution in [0.3, 0.4) is 0 Å². The summed E-state index contributed by atoms with van der Waals surface area (Å²) in [6, 6.07) is 14.4. The van der Waals surface area contributed by atoms with E-state index in [0.717, 1.165) is 11.4 Å². The van der Waals surface area contributed by atoms with E-state index in [-0.39, 0.29) is 43.8 Å². The first kappa shape index (κ1) is 30.3. The van der Waals surface area contributed by atoms with Crippen LogP contribution in [0.25, 0.3) is 0 Å². The molecule has 41 heavy (non-hydrogen) atoms. The molecule has 1 aliphatic heterocycles. The van der Waals surface area contributed by atoms with E-state index >= 15 is 0 Å². The SMILES string of the molecule is CCOc1ccccc1N1CCN(C(=O)Cc2csc(NC(=O)CN(CCOC)C(=O)c3ccc(Cl)cc3)n2)CC1. The highest BCUT2D eigenvalue weighted by atomic mass is 35.5. The number of para-hydroxylation sites is 2. The Kier molecular flexibility index (Phi) is 10.9. The highest BCUT2D eigenvalue weighted by Gasteiger charge is 2.24. The minimum Gasteiger partial charge on any atom is -0.492 e. The molecule has 1 aromatic heterocycles. The quantitative estimate of drug-likeness (QED) is 0.338. The third-order valence-electron chi connectivity index (χ3n) is 6.55. The molecule has 3 aromatic rings. The van der Waals surface area contributed by atoms with Crippen LogP contribution in [0.4, 0.5) is 10.8 Å². The predicted molar refractivity (Wildman–Crippen MR) is 160 cm³/mol. The van der Waals surface area contributed by atoms with Crippen LogP contribution in [-0.4, -0.2) is 92.1 Å². The molecule has 2 heterocycles. The summed E-state index contributed by atoms with van der Waals surface area (Å²) in [6.45, 7) is 5.54. The average Bonchev–Trinajstić information content (AvgIpc) is 3.42. The summed E-state index contributed by atoms with van der Waals surface area (Å²) in [5, 5.41) is 5.41. The first-order valence-electron chi connectivity index (χ1n) is 13.4. The van der Waals surface area contributed by atoms with E-state index in [4.69, 9.17) is 21.1 Å². The number of hydrogen-bond donors (Lipinski definition) is 1. The number of aromatic nitrogens is 1. The van der Waals surface area contributed by atoms with E-state index in [1.807, 2.05) is 36.1 Å². The summed E-state index contributed by atoms with van der Waals surface area (Å²) in [7, 11) is 1.53. The molecule has 12 heteroatoms. The number of hydrogen-bond acceptors (Lipinski definition) is 8. The van der Waals surface area contributed by atoms with Crippen molar-refractivity contribution in [3.63, 3.8) is 0 Å². The van der Waals surface area contributed by atoms with E-state index in [0.29, 0.717) is 54.2 Å². The number of anilines is 2. The van der Waals surface area contributed by atoms with E-state index in [9.17, 15) is 14.4 Å². The number of nitrogens with one attached hydrogen (secondary N) is 1. The van der Waals surface area contributed by atoms with Gasteiger partial charge in [0.15, 0.2) is 5.13 Å². The lowest BCUT2D eigenvalue weighted by molar-refractivity contribution is -0.130. The lowest BCUT2D eigenvalue weighted by Gasteiger charge is -2.36. The van der Waals surface area contributed by atoms with Gasteiger partial charge in [0.2, 0.25) is 11.8 Å². The van der Waals surface area contributed by atoms with Gasteiger partial charge in [0.25, 0.3) is 5.91 Å². The first-order valence-corrected chi connectivity index (χ1v) is 14.7. The van der Waals surface area contributed by atoms with Gasteiger partial charge in [0.1, 0.15) is 12.3 Å². The van der Waals surface area contributed by atoms with Crippen LogP contribution in [0.2, 0.25) is 5.02 Å². The third kappa shape index (κ3) is 8.42. The molecule has 1 aliphatic rings. The Balaban J connectivity index is 1.28. The second-order valence-electron chi connectivity index (χ2n) is 9.36. The van der Waals surface area contributed by atoms with Crippen LogP contribution < -0.4 is 15.0 Å². The van der Waals surface area contributed by atoms with Crippen molar-refractivity contribution < 1.29 is 23.9 Å². The summed E-state index contributed by atoms with van der Waals surface area (Å²) >= 11 is 7.17. The van der Waals surface area contributed by atoms with Gasteiger partial charge in [0, 0.05) is 55.8 Å². The zero-order valence-electron chi connectivity index (χ0n) is 23.2. The third-order valence-corrected chi connectivity index (χ3v) is 7.61. The van der Waals surface area contributed by atoms with Crippen molar-refractivity contribution in [1.82, 2.24) is 14.8 Å². The number of carbonyl (C=O) groups excluding carboxylic acids is 3. The fraction of sp³-hybridized carbons (Fsp3) is 0.379. The zero-order valence-corrected chi connectivity index (χ0v) is 24.7. The maximum Gasteiger partial charge on any atom is 0.254 e. The van der Waals surface area contributed by atoms with Crippen molar-refractivity contribution in [3.05, 3.63) is 70.2 Å². The molecule has 0 atom stereocenters. The molecule has 1 saturated heterocycles. The van der Waals surface area contributed by atoms with Crippen molar-refractivity contribution in [3.8, 4) is 5.75 Å². The van der Waals surface area contributed by atoms with E-state index in [1.54, 1.807) is 29.6 Å². The van der Waals surface area contributed by atoms with Gasteiger partial charge in [-0.05, 0) is 43.3 Å². The first-order chi connectivity index (χ1) is 19.9. The number of carbonyl (C=O) groups is 3. The number of amides is 3. The number of halogens is 1. The van der Waals surface area contributed by atoms with Crippen LogP contribution >= 0.6 is 22.9 Å². The minimum atomic E-state index is -0.390. The fourth-order valence-corrected chi connectivity index (χ4v) is 5.32. The van der Waals surface area contributed by atoms with E-state index < -0.39 is 0 Å². The Morgan fingerprint density at radius 2 is 1.80 bits per heavy atom. The fourth-order valence-electron chi connectivity index (χ4n) is 4.47. The average molecular weight is 600 g/mol. The molecule has 0 spiro atoms. The lowest BCUT2D eigenvalue weighted by atomic mass is 10.2. The van der Waals surface area contributed by atoms with Gasteiger partial charge < -0.3 is 29.5 Å². The molecule has 0 radical (unpaired) electrons. The van der Waals surface area contributed by atoms with Gasteiger partial charge in [-0.15, -0.1) is 11.3 Å². The molecular weight excluding hydrogens is 566 g/mol. The summed E-state index contributed by atoms with van der Waals surface area (Å²) in [4.78, 5) is 48.6. The Hall–Kier alpha value is -3.67. The van der Waals surface area contributed by atoms with Gasteiger partial charge in [-0.1, -0.05) is 23.7 Å². The molecule has 1 fully saturated rings. The maximum atomic E-state index is 13.0. The van der Waals surface area contributed by atoms with Gasteiger partial charge in [0.05, 0.1) is 31.0 Å². The van der Waals surface area contributed by atoms with Gasteiger partial charge in [-0.3, -0.25) is 14.4 Å². The van der Waals surface area contributed by atoms with Crippen LogP contribution in [0.15, 0.2) is 53.9 Å². The smallest absolute Gasteiger partial charge is 0.254 e. The van der Waals surface area contributed by atoms with Crippen molar-refractivity contribution >= 4 is 51.5 Å². The number of benzene rings is 2. The normalized spacial score (nSPS) is 13.1. The molecular formula is C29H34ClN5O5S. The zero-order chi connectivity index (χ0) is 29.2. The molecule has 3 amide bonds. The largest absolute Gasteiger partial charge is 0.492 e. The Labute approximate surface area is 248 Å². The van der Waals surface area contributed by atoms with Crippen molar-refractivity contribution in [1.29, 1.82) is 0 Å². The molecule has 10 nitrogen and oxygen atoms in total. The second-order valence-corrected chi connectivity index (χ2v) is 10.7. The Morgan fingerprint density at radius 1 is 1.07 bits per heavy atom. The summed E-state index contributed by atoms with van der Waals surface area (Å²) in [6.07, 6.45) is 0.150. The summed E-state index contributed by atoms with van der Waals surface area (Å²) < 4.78 is 10.9. The molecule has 0 saturated carbocycles. The molecule has 4 rings (SSSR count). The number of rotatable bonds is 12. The standard InChI is InChI=1S/C29H34ClN5O5S/c1-3-40-25-7-5-4-6-24(25)33-12-14-34(15-13-33)27(37)18-23-20-41-29(31-23)32-26(36)19-35(16-17-39-2)28(38)21-8-10-22(30)11-9-21/h4-11,20H,3,12-19H2,1-2H3,(H,31,32,36). The van der Waals surface area contributed by atoms with Crippen LogP contribution in [-0.2, 0) is 20.7 Å². The monoisotopic (exact) mass is 599 g/mol. The Morgan fingerprint density at radius 3 is 2.51 bits per heavy atom. The molecule has 0 bridgehead atoms. The number of ether oxygens (including phenoxy) is 2. The predicted octanol–water partition coefficient (Wildman–Crippen LogP) is 3.81. The second kappa shape index (κ2) is 14.8. The van der Waals surface area contributed by atoms with Crippen LogP contribution in [0.1, 0.15) is 23.0 Å². The number of thiazole rings is 1. The molecule has 218 valence electrons. The van der Waals surface area contributed by atoms with Crippen LogP contribution in [0.5, 0.6) is 5.75 Å². The molecule has 0 unspecified atom stereocenters. The van der Waals surface area contributed by atoms with Gasteiger partial charge >= 0.3 is 0 Å². The summed E-state index contributed by atoms with van der Waals surface area (Å²) in [5.74, 6) is 0.146. The Bertz CT molecular complexity index is 1330. The van der Waals surface area contributed by atoms with Crippen molar-refractivity contribution in [2.24, 2.45) is 0 Å². The topological polar surface area (TPSA) is 104 Å². The van der Waals surface area contributed by atoms with Crippen molar-refractivity contribution in [2.45, 2.75) is 13.3 Å². The lowest BCUT2D eigenvalue weighted by Crippen LogP contribution is -2.49. The summed E-state index contributed by atoms with van der Waals surface area (Å²) in [5.41, 5.74) is 2.05.